The Bertz CT molecular complexity index is 1060. The van der Waals surface area contributed by atoms with Gasteiger partial charge >= 0.3 is 0 Å². The summed E-state index contributed by atoms with van der Waals surface area (Å²) in [5.41, 5.74) is 2.36. The monoisotopic (exact) mass is 473 g/mol. The van der Waals surface area contributed by atoms with Gasteiger partial charge in [-0.2, -0.15) is 4.37 Å². The van der Waals surface area contributed by atoms with Gasteiger partial charge in [0.1, 0.15) is 0 Å². The van der Waals surface area contributed by atoms with Gasteiger partial charge in [0.05, 0.1) is 21.5 Å². The maximum atomic E-state index is 12.4. The maximum Gasteiger partial charge on any atom is 0.261 e. The highest BCUT2D eigenvalue weighted by atomic mass is 35.5. The number of aromatic nitrogens is 1. The third kappa shape index (κ3) is 4.57. The molecular formula is C24H28ClN3O3S. The van der Waals surface area contributed by atoms with Crippen molar-refractivity contribution in [2.75, 3.05) is 26.2 Å². The molecule has 1 aromatic heterocycles. The van der Waals surface area contributed by atoms with Crippen LogP contribution in [-0.2, 0) is 0 Å². The molecule has 3 heterocycles. The van der Waals surface area contributed by atoms with E-state index in [-0.39, 0.29) is 29.7 Å². The number of benzene rings is 2. The van der Waals surface area contributed by atoms with E-state index in [0.717, 1.165) is 45.3 Å². The number of likely N-dealkylation sites (tertiary alicyclic amines) is 1. The highest BCUT2D eigenvalue weighted by Gasteiger charge is 2.34. The second kappa shape index (κ2) is 10.5. The van der Waals surface area contributed by atoms with Crippen LogP contribution in [0, 0.1) is 0 Å². The van der Waals surface area contributed by atoms with Gasteiger partial charge in [0, 0.05) is 17.8 Å². The molecule has 5 rings (SSSR count). The Labute approximate surface area is 198 Å². The van der Waals surface area contributed by atoms with E-state index in [4.69, 9.17) is 4.37 Å². The maximum absolute atomic E-state index is 12.4. The highest BCUT2D eigenvalue weighted by Crippen LogP contribution is 2.34. The number of halogens is 1. The molecule has 0 unspecified atom stereocenters. The standard InChI is InChI=1S/C24H25N3O2S.ClH.H2O/c28-23-18-7-1-2-8-19(18)24(29)27(23)14-6-5-13-26-15-11-17(12-16-26)22-20-9-3-4-10-21(20)30-25-22;;/h1-4,7-10,17H,5-6,11-16H2;1H;1H2. The Morgan fingerprint density at radius 1 is 0.875 bits per heavy atom. The van der Waals surface area contributed by atoms with Crippen LogP contribution in [0.15, 0.2) is 48.5 Å². The number of amides is 2. The van der Waals surface area contributed by atoms with E-state index >= 15 is 0 Å². The lowest BCUT2D eigenvalue weighted by Gasteiger charge is -2.31. The topological polar surface area (TPSA) is 85.0 Å². The number of carbonyl (C=O) groups excluding carboxylic acids is 2. The van der Waals surface area contributed by atoms with E-state index in [0.29, 0.717) is 23.6 Å². The first-order chi connectivity index (χ1) is 14.7. The van der Waals surface area contributed by atoms with Gasteiger partial charge in [-0.3, -0.25) is 14.5 Å². The number of carbonyl (C=O) groups is 2. The van der Waals surface area contributed by atoms with Crippen LogP contribution >= 0.6 is 23.9 Å². The summed E-state index contributed by atoms with van der Waals surface area (Å²) < 4.78 is 6.03. The minimum absolute atomic E-state index is 0. The van der Waals surface area contributed by atoms with Crippen molar-refractivity contribution < 1.29 is 15.1 Å². The van der Waals surface area contributed by atoms with Crippen LogP contribution in [0.25, 0.3) is 10.1 Å². The summed E-state index contributed by atoms with van der Waals surface area (Å²) in [4.78, 5) is 28.8. The Morgan fingerprint density at radius 2 is 1.47 bits per heavy atom. The average Bonchev–Trinajstić information content (AvgIpc) is 3.32. The molecule has 32 heavy (non-hydrogen) atoms. The molecule has 2 aromatic carbocycles. The van der Waals surface area contributed by atoms with E-state index in [9.17, 15) is 9.59 Å². The van der Waals surface area contributed by atoms with Gasteiger partial charge in [0.25, 0.3) is 11.8 Å². The number of fused-ring (bicyclic) bond motifs is 2. The third-order valence-corrected chi connectivity index (χ3v) is 7.20. The molecule has 1 saturated heterocycles. The molecule has 0 radical (unpaired) electrons. The van der Waals surface area contributed by atoms with Gasteiger partial charge in [-0.15, -0.1) is 12.4 Å². The van der Waals surface area contributed by atoms with Crippen molar-refractivity contribution in [2.24, 2.45) is 0 Å². The minimum Gasteiger partial charge on any atom is -0.412 e. The van der Waals surface area contributed by atoms with Crippen LogP contribution in [0.3, 0.4) is 0 Å². The summed E-state index contributed by atoms with van der Waals surface area (Å²) in [6.07, 6.45) is 4.14. The normalized spacial score (nSPS) is 16.7. The van der Waals surface area contributed by atoms with Crippen molar-refractivity contribution in [1.29, 1.82) is 0 Å². The summed E-state index contributed by atoms with van der Waals surface area (Å²) in [6, 6.07) is 15.6. The lowest BCUT2D eigenvalue weighted by molar-refractivity contribution is 0.0649. The lowest BCUT2D eigenvalue weighted by Crippen LogP contribution is -2.35. The summed E-state index contributed by atoms with van der Waals surface area (Å²) in [6.45, 7) is 3.70. The first-order valence-electron chi connectivity index (χ1n) is 10.7. The smallest absolute Gasteiger partial charge is 0.261 e. The number of unbranched alkanes of at least 4 members (excludes halogenated alkanes) is 1. The summed E-state index contributed by atoms with van der Waals surface area (Å²) in [7, 11) is 0. The SMILES string of the molecule is Cl.O.O=C1c2ccccc2C(=O)N1CCCCN1CCC(c2nsc3ccccc23)CC1. The fraction of sp³-hybridized carbons (Fsp3) is 0.375. The van der Waals surface area contributed by atoms with Gasteiger partial charge in [0.2, 0.25) is 0 Å². The predicted molar refractivity (Wildman–Crippen MR) is 130 cm³/mol. The van der Waals surface area contributed by atoms with E-state index in [1.54, 1.807) is 23.7 Å². The molecule has 2 N–H and O–H groups in total. The van der Waals surface area contributed by atoms with Gasteiger partial charge in [-0.05, 0) is 75.0 Å². The van der Waals surface area contributed by atoms with Gasteiger partial charge in [-0.25, -0.2) is 0 Å². The first-order valence-corrected chi connectivity index (χ1v) is 11.5. The van der Waals surface area contributed by atoms with Crippen LogP contribution in [-0.4, -0.2) is 57.6 Å². The van der Waals surface area contributed by atoms with Crippen LogP contribution in [0.1, 0.15) is 58.0 Å². The summed E-state index contributed by atoms with van der Waals surface area (Å²) in [5.74, 6) is 0.259. The highest BCUT2D eigenvalue weighted by molar-refractivity contribution is 7.13. The van der Waals surface area contributed by atoms with Crippen LogP contribution in [0.4, 0.5) is 0 Å². The second-order valence-electron chi connectivity index (χ2n) is 8.19. The van der Waals surface area contributed by atoms with Crippen molar-refractivity contribution in [2.45, 2.75) is 31.6 Å². The van der Waals surface area contributed by atoms with E-state index < -0.39 is 0 Å². The molecule has 0 atom stereocenters. The zero-order valence-corrected chi connectivity index (χ0v) is 19.5. The quantitative estimate of drug-likeness (QED) is 0.397. The molecule has 3 aromatic rings. The largest absolute Gasteiger partial charge is 0.412 e. The molecule has 6 nitrogen and oxygen atoms in total. The molecule has 0 bridgehead atoms. The molecule has 1 fully saturated rings. The fourth-order valence-electron chi connectivity index (χ4n) is 4.68. The molecule has 0 spiro atoms. The van der Waals surface area contributed by atoms with Crippen molar-refractivity contribution in [3.05, 3.63) is 65.4 Å². The Kier molecular flexibility index (Phi) is 8.00. The Hall–Kier alpha value is -2.32. The van der Waals surface area contributed by atoms with E-state index in [1.165, 1.54) is 20.7 Å². The van der Waals surface area contributed by atoms with Gasteiger partial charge in [-0.1, -0.05) is 30.3 Å². The number of hydrogen-bond acceptors (Lipinski definition) is 5. The minimum atomic E-state index is -0.146. The summed E-state index contributed by atoms with van der Waals surface area (Å²) in [5, 5.41) is 1.32. The van der Waals surface area contributed by atoms with Crippen molar-refractivity contribution in [3.8, 4) is 0 Å². The molecule has 2 amide bonds. The van der Waals surface area contributed by atoms with E-state index in [1.807, 2.05) is 12.1 Å². The fourth-order valence-corrected chi connectivity index (χ4v) is 5.53. The zero-order chi connectivity index (χ0) is 20.5. The number of hydrogen-bond donors (Lipinski definition) is 0. The number of nitrogens with zero attached hydrogens (tertiary/aromatic N) is 3. The second-order valence-corrected chi connectivity index (χ2v) is 9.00. The number of imide groups is 1. The molecule has 8 heteroatoms. The van der Waals surface area contributed by atoms with Crippen molar-refractivity contribution in [1.82, 2.24) is 14.2 Å². The number of rotatable bonds is 6. The molecular weight excluding hydrogens is 446 g/mol. The van der Waals surface area contributed by atoms with E-state index in [2.05, 4.69) is 29.2 Å². The van der Waals surface area contributed by atoms with Crippen molar-refractivity contribution >= 4 is 45.8 Å². The molecule has 2 aliphatic rings. The zero-order valence-electron chi connectivity index (χ0n) is 17.8. The molecule has 2 aliphatic heterocycles. The first kappa shape index (κ1) is 24.3. The summed E-state index contributed by atoms with van der Waals surface area (Å²) >= 11 is 1.61. The van der Waals surface area contributed by atoms with Crippen molar-refractivity contribution in [3.63, 3.8) is 0 Å². The van der Waals surface area contributed by atoms with Crippen LogP contribution < -0.4 is 0 Å². The predicted octanol–water partition coefficient (Wildman–Crippen LogP) is 4.15. The van der Waals surface area contributed by atoms with Gasteiger partial charge in [0.15, 0.2) is 0 Å². The third-order valence-electron chi connectivity index (χ3n) is 6.36. The molecule has 0 aliphatic carbocycles. The molecule has 170 valence electrons. The number of piperidine rings is 1. The van der Waals surface area contributed by atoms with Crippen LogP contribution in [0.2, 0.25) is 0 Å². The lowest BCUT2D eigenvalue weighted by atomic mass is 9.91. The molecule has 0 saturated carbocycles. The van der Waals surface area contributed by atoms with Crippen LogP contribution in [0.5, 0.6) is 0 Å². The Balaban J connectivity index is 0.00000144. The Morgan fingerprint density at radius 3 is 2.16 bits per heavy atom. The van der Waals surface area contributed by atoms with Gasteiger partial charge < -0.3 is 10.4 Å². The average molecular weight is 474 g/mol.